The maximum absolute atomic E-state index is 14.4. The topological polar surface area (TPSA) is 90.4 Å². The molecule has 1 N–H and O–H groups in total. The van der Waals surface area contributed by atoms with Crippen LogP contribution in [0.1, 0.15) is 40.0 Å². The number of benzene rings is 1. The second-order valence-electron chi connectivity index (χ2n) is 11.6. The summed E-state index contributed by atoms with van der Waals surface area (Å²) in [6, 6.07) is 8.46. The predicted molar refractivity (Wildman–Crippen MR) is 154 cm³/mol. The van der Waals surface area contributed by atoms with E-state index in [0.717, 1.165) is 0 Å². The zero-order valence-corrected chi connectivity index (χ0v) is 24.7. The maximum atomic E-state index is 14.4. The Bertz CT molecular complexity index is 1110. The lowest BCUT2D eigenvalue weighted by molar-refractivity contribution is -0.151. The van der Waals surface area contributed by atoms with Gasteiger partial charge in [-0.15, -0.1) is 13.2 Å². The number of para-hydroxylation sites is 1. The van der Waals surface area contributed by atoms with Crippen LogP contribution in [0.15, 0.2) is 55.6 Å². The molecule has 212 valence electrons. The molecule has 3 fully saturated rings. The van der Waals surface area contributed by atoms with Crippen molar-refractivity contribution >= 4 is 39.3 Å². The van der Waals surface area contributed by atoms with Gasteiger partial charge >= 0.3 is 0 Å². The van der Waals surface area contributed by atoms with Crippen molar-refractivity contribution in [2.24, 2.45) is 11.8 Å². The van der Waals surface area contributed by atoms with E-state index in [4.69, 9.17) is 4.74 Å². The van der Waals surface area contributed by atoms with Crippen LogP contribution in [0.4, 0.5) is 5.69 Å². The number of anilines is 1. The maximum Gasteiger partial charge on any atom is 0.249 e. The van der Waals surface area contributed by atoms with Crippen molar-refractivity contribution in [2.75, 3.05) is 31.1 Å². The van der Waals surface area contributed by atoms with E-state index in [1.807, 2.05) is 51.1 Å². The van der Waals surface area contributed by atoms with Gasteiger partial charge in [-0.3, -0.25) is 14.4 Å². The van der Waals surface area contributed by atoms with Gasteiger partial charge in [-0.1, -0.05) is 46.3 Å². The Kier molecular flexibility index (Phi) is 8.73. The summed E-state index contributed by atoms with van der Waals surface area (Å²) in [6.07, 6.45) is 4.30. The molecular weight excluding hydrogens is 562 g/mol. The van der Waals surface area contributed by atoms with E-state index in [2.05, 4.69) is 29.1 Å². The van der Waals surface area contributed by atoms with E-state index in [1.165, 1.54) is 0 Å². The van der Waals surface area contributed by atoms with Crippen LogP contribution in [0, 0.1) is 11.8 Å². The SMILES string of the molecule is C=CCN(C(=O)[C@H]1[C@H]2C(=O)N(CCCCO)C(C(=O)N(CC=C)C(C)(C)C)C23CC(Br)[C@@H]1O3)c1ccccc1. The predicted octanol–water partition coefficient (Wildman–Crippen LogP) is 3.54. The number of hydrogen-bond acceptors (Lipinski definition) is 5. The monoisotopic (exact) mass is 601 g/mol. The minimum Gasteiger partial charge on any atom is -0.396 e. The quantitative estimate of drug-likeness (QED) is 0.238. The van der Waals surface area contributed by atoms with E-state index in [1.54, 1.807) is 26.9 Å². The third-order valence-corrected chi connectivity index (χ3v) is 8.99. The average Bonchev–Trinajstić information content (AvgIpc) is 3.48. The summed E-state index contributed by atoms with van der Waals surface area (Å²) >= 11 is 3.75. The molecule has 39 heavy (non-hydrogen) atoms. The minimum atomic E-state index is -1.13. The average molecular weight is 603 g/mol. The van der Waals surface area contributed by atoms with Crippen LogP contribution >= 0.6 is 15.9 Å². The third kappa shape index (κ3) is 5.09. The van der Waals surface area contributed by atoms with Crippen LogP contribution in [0.3, 0.4) is 0 Å². The summed E-state index contributed by atoms with van der Waals surface area (Å²) in [6.45, 7) is 14.5. The van der Waals surface area contributed by atoms with Gasteiger partial charge in [0.2, 0.25) is 17.7 Å². The molecule has 3 aliphatic rings. The lowest BCUT2D eigenvalue weighted by Crippen LogP contribution is -2.60. The number of aliphatic hydroxyl groups excluding tert-OH is 1. The molecule has 1 spiro atoms. The number of nitrogens with zero attached hydrogens (tertiary/aromatic N) is 3. The second-order valence-corrected chi connectivity index (χ2v) is 12.8. The van der Waals surface area contributed by atoms with Gasteiger partial charge in [0, 0.05) is 42.3 Å². The third-order valence-electron chi connectivity index (χ3n) is 8.15. The van der Waals surface area contributed by atoms with E-state index in [-0.39, 0.29) is 35.7 Å². The highest BCUT2D eigenvalue weighted by Crippen LogP contribution is 2.60. The number of likely N-dealkylation sites (tertiary alicyclic amines) is 1. The Balaban J connectivity index is 1.79. The molecule has 6 atom stereocenters. The van der Waals surface area contributed by atoms with Crippen LogP contribution in [0.5, 0.6) is 0 Å². The van der Waals surface area contributed by atoms with Crippen molar-refractivity contribution in [3.05, 3.63) is 55.6 Å². The van der Waals surface area contributed by atoms with E-state index >= 15 is 0 Å². The van der Waals surface area contributed by atoms with Crippen LogP contribution in [0.2, 0.25) is 0 Å². The molecule has 1 aromatic carbocycles. The Morgan fingerprint density at radius 2 is 1.82 bits per heavy atom. The lowest BCUT2D eigenvalue weighted by atomic mass is 9.70. The first-order valence-corrected chi connectivity index (χ1v) is 14.6. The number of alkyl halides is 1. The molecule has 0 aliphatic carbocycles. The number of ether oxygens (including phenoxy) is 1. The first-order chi connectivity index (χ1) is 18.5. The van der Waals surface area contributed by atoms with E-state index in [0.29, 0.717) is 38.0 Å². The Morgan fingerprint density at radius 3 is 2.41 bits per heavy atom. The fraction of sp³-hybridized carbons (Fsp3) is 0.567. The molecule has 3 unspecified atom stereocenters. The fourth-order valence-corrected chi connectivity index (χ4v) is 7.48. The van der Waals surface area contributed by atoms with Crippen molar-refractivity contribution < 1.29 is 24.2 Å². The minimum absolute atomic E-state index is 0.00343. The van der Waals surface area contributed by atoms with Crippen molar-refractivity contribution in [1.82, 2.24) is 9.80 Å². The smallest absolute Gasteiger partial charge is 0.249 e. The number of carbonyl (C=O) groups excluding carboxylic acids is 3. The fourth-order valence-electron chi connectivity index (χ4n) is 6.54. The summed E-state index contributed by atoms with van der Waals surface area (Å²) in [4.78, 5) is 47.7. The van der Waals surface area contributed by atoms with Gasteiger partial charge in [0.25, 0.3) is 0 Å². The second kappa shape index (κ2) is 11.6. The first-order valence-electron chi connectivity index (χ1n) is 13.7. The van der Waals surface area contributed by atoms with E-state index in [9.17, 15) is 19.5 Å². The van der Waals surface area contributed by atoms with Crippen molar-refractivity contribution in [2.45, 2.75) is 68.1 Å². The Labute approximate surface area is 239 Å². The van der Waals surface area contributed by atoms with Crippen LogP contribution in [0.25, 0.3) is 0 Å². The molecule has 3 amide bonds. The molecule has 9 heteroatoms. The number of fused-ring (bicyclic) bond motifs is 1. The molecule has 4 rings (SSSR count). The number of hydrogen-bond donors (Lipinski definition) is 1. The van der Waals surface area contributed by atoms with Crippen LogP contribution in [-0.4, -0.2) is 87.0 Å². The van der Waals surface area contributed by atoms with Crippen LogP contribution in [-0.2, 0) is 19.1 Å². The highest BCUT2D eigenvalue weighted by molar-refractivity contribution is 9.09. The standard InChI is InChI=1S/C30H40BrN3O5/c1-6-15-32(20-13-9-8-10-14-20)26(36)22-23-27(37)33(17-11-12-18-35)25(30(23)19-21(31)24(22)39-30)28(38)34(16-7-2)29(3,4)5/h6-10,13-14,21-25,35H,1-2,11-12,15-19H2,3-5H3/t21?,22-,23-,24-,25?,30?/m0/s1. The highest BCUT2D eigenvalue weighted by atomic mass is 79.9. The zero-order valence-electron chi connectivity index (χ0n) is 23.1. The number of unbranched alkanes of at least 4 members (excludes halogenated alkanes) is 1. The highest BCUT2D eigenvalue weighted by Gasteiger charge is 2.77. The number of amides is 3. The summed E-state index contributed by atoms with van der Waals surface area (Å²) in [5.41, 5.74) is -0.936. The van der Waals surface area contributed by atoms with Crippen molar-refractivity contribution in [3.8, 4) is 0 Å². The number of halogens is 1. The molecule has 3 saturated heterocycles. The molecule has 1 aromatic rings. The van der Waals surface area contributed by atoms with Gasteiger partial charge in [-0.25, -0.2) is 0 Å². The molecule has 2 bridgehead atoms. The van der Waals surface area contributed by atoms with Crippen molar-refractivity contribution in [3.63, 3.8) is 0 Å². The lowest BCUT2D eigenvalue weighted by Gasteiger charge is -2.42. The largest absolute Gasteiger partial charge is 0.396 e. The summed E-state index contributed by atoms with van der Waals surface area (Å²) in [7, 11) is 0. The van der Waals surface area contributed by atoms with E-state index < -0.39 is 35.1 Å². The van der Waals surface area contributed by atoms with Crippen molar-refractivity contribution in [1.29, 1.82) is 0 Å². The first kappa shape index (κ1) is 29.5. The summed E-state index contributed by atoms with van der Waals surface area (Å²) < 4.78 is 6.67. The van der Waals surface area contributed by atoms with Gasteiger partial charge in [0.15, 0.2) is 0 Å². The van der Waals surface area contributed by atoms with Crippen LogP contribution < -0.4 is 4.90 Å². The normalized spacial score (nSPS) is 29.3. The van der Waals surface area contributed by atoms with Gasteiger partial charge in [-0.05, 0) is 52.2 Å². The molecule has 0 radical (unpaired) electrons. The number of rotatable bonds is 11. The molecule has 3 heterocycles. The number of carbonyl (C=O) groups is 3. The molecule has 0 aromatic heterocycles. The number of aliphatic hydroxyl groups is 1. The molecule has 8 nitrogen and oxygen atoms in total. The Morgan fingerprint density at radius 1 is 1.15 bits per heavy atom. The molecular formula is C30H40BrN3O5. The van der Waals surface area contributed by atoms with Gasteiger partial charge < -0.3 is 24.5 Å². The Hall–Kier alpha value is -2.49. The molecule has 3 aliphatic heterocycles. The zero-order chi connectivity index (χ0) is 28.5. The molecule has 0 saturated carbocycles. The summed E-state index contributed by atoms with van der Waals surface area (Å²) in [5.74, 6) is -2.19. The van der Waals surface area contributed by atoms with Gasteiger partial charge in [-0.2, -0.15) is 0 Å². The van der Waals surface area contributed by atoms with Gasteiger partial charge in [0.05, 0.1) is 17.9 Å². The summed E-state index contributed by atoms with van der Waals surface area (Å²) in [5, 5.41) is 9.40. The van der Waals surface area contributed by atoms with Gasteiger partial charge in [0.1, 0.15) is 11.6 Å².